The first-order chi connectivity index (χ1) is 22.4. The van der Waals surface area contributed by atoms with Gasteiger partial charge in [-0.2, -0.15) is 0 Å². The maximum absolute atomic E-state index is 15.2. The molecule has 4 fully saturated rings. The van der Waals surface area contributed by atoms with Crippen molar-refractivity contribution in [2.75, 3.05) is 6.61 Å². The molecule has 1 aromatic rings. The van der Waals surface area contributed by atoms with Gasteiger partial charge in [-0.15, -0.1) is 0 Å². The zero-order valence-corrected chi connectivity index (χ0v) is 28.8. The Morgan fingerprint density at radius 1 is 0.896 bits per heavy atom. The summed E-state index contributed by atoms with van der Waals surface area (Å²) in [5.41, 5.74) is -6.57. The molecule has 1 N–H and O–H groups in total. The average molecular weight is 671 g/mol. The lowest BCUT2D eigenvalue weighted by molar-refractivity contribution is -0.232. The number of carbonyl (C=O) groups excluding carboxylic acids is 6. The molecule has 0 amide bonds. The number of hydrogen-bond donors (Lipinski definition) is 1. The van der Waals surface area contributed by atoms with E-state index < -0.39 is 106 Å². The highest BCUT2D eigenvalue weighted by molar-refractivity contribution is 5.98. The monoisotopic (exact) mass is 670 g/mol. The summed E-state index contributed by atoms with van der Waals surface area (Å²) in [7, 11) is 0. The number of fused-ring (bicyclic) bond motifs is 4. The van der Waals surface area contributed by atoms with Crippen molar-refractivity contribution >= 4 is 35.6 Å². The van der Waals surface area contributed by atoms with Crippen LogP contribution < -0.4 is 0 Å². The minimum Gasteiger partial charge on any atom is -0.465 e. The van der Waals surface area contributed by atoms with Gasteiger partial charge in [0.1, 0.15) is 30.5 Å². The van der Waals surface area contributed by atoms with Crippen LogP contribution in [0.25, 0.3) is 0 Å². The molecular weight excluding hydrogens is 624 g/mol. The summed E-state index contributed by atoms with van der Waals surface area (Å²) >= 11 is 0. The van der Waals surface area contributed by atoms with E-state index in [1.165, 1.54) is 32.9 Å². The molecule has 4 saturated carbocycles. The molecule has 0 bridgehead atoms. The zero-order chi connectivity index (χ0) is 35.6. The molecule has 1 aromatic carbocycles. The summed E-state index contributed by atoms with van der Waals surface area (Å²) in [5, 5.41) is 12.8. The van der Waals surface area contributed by atoms with Crippen LogP contribution in [-0.4, -0.2) is 76.9 Å². The van der Waals surface area contributed by atoms with Gasteiger partial charge in [0.25, 0.3) is 0 Å². The normalized spacial score (nSPS) is 39.0. The molecule has 48 heavy (non-hydrogen) atoms. The van der Waals surface area contributed by atoms with Gasteiger partial charge in [0.2, 0.25) is 5.78 Å². The summed E-state index contributed by atoms with van der Waals surface area (Å²) in [6, 6.07) is 8.07. The largest absolute Gasteiger partial charge is 0.465 e. The highest BCUT2D eigenvalue weighted by Crippen LogP contribution is 2.76. The van der Waals surface area contributed by atoms with Crippen molar-refractivity contribution in [2.45, 2.75) is 104 Å². The van der Waals surface area contributed by atoms with Gasteiger partial charge in [0, 0.05) is 33.1 Å². The zero-order valence-electron chi connectivity index (χ0n) is 28.8. The topological polar surface area (TPSA) is 169 Å². The van der Waals surface area contributed by atoms with Gasteiger partial charge in [-0.3, -0.25) is 24.0 Å². The molecule has 5 rings (SSSR count). The van der Waals surface area contributed by atoms with Crippen LogP contribution in [0, 0.1) is 40.4 Å². The van der Waals surface area contributed by atoms with Gasteiger partial charge in [-0.05, 0) is 55.1 Å². The number of benzene rings is 1. The van der Waals surface area contributed by atoms with E-state index in [0.29, 0.717) is 0 Å². The first-order valence-electron chi connectivity index (χ1n) is 16.6. The van der Waals surface area contributed by atoms with Crippen molar-refractivity contribution in [1.29, 1.82) is 0 Å². The second-order valence-electron chi connectivity index (χ2n) is 14.8. The van der Waals surface area contributed by atoms with Crippen LogP contribution in [0.2, 0.25) is 0 Å². The van der Waals surface area contributed by atoms with Gasteiger partial charge >= 0.3 is 29.8 Å². The summed E-state index contributed by atoms with van der Waals surface area (Å²) in [4.78, 5) is 80.6. The number of rotatable bonds is 8. The first-order valence-corrected chi connectivity index (χ1v) is 16.6. The van der Waals surface area contributed by atoms with Gasteiger partial charge in [-0.1, -0.05) is 45.9 Å². The Labute approximate surface area is 280 Å². The van der Waals surface area contributed by atoms with Crippen molar-refractivity contribution in [2.24, 2.45) is 40.4 Å². The molecule has 0 spiro atoms. The number of Topliss-reactive ketones (excluding diaryl/α,β-unsaturated/α-hetero) is 1. The van der Waals surface area contributed by atoms with Crippen molar-refractivity contribution in [3.63, 3.8) is 0 Å². The smallest absolute Gasteiger partial charge is 0.338 e. The minimum atomic E-state index is -2.36. The van der Waals surface area contributed by atoms with E-state index in [9.17, 15) is 29.1 Å². The van der Waals surface area contributed by atoms with E-state index in [1.54, 1.807) is 32.0 Å². The van der Waals surface area contributed by atoms with E-state index in [-0.39, 0.29) is 30.7 Å². The van der Waals surface area contributed by atoms with Crippen LogP contribution in [0.5, 0.6) is 0 Å². The standard InChI is InChI=1S/C36H46O12/c1-9-25(40)46-28-18(2)16-36(43)27(28)30(47-31(41)22-13-11-10-12-14-22)35(17-44-19(3)37)24(45-20(4)38)15-23-26(33(23,6)7)29(35)34(8,32(36)42)48-21(5)39/h10-14,18,23-24,26-30,43H,9,15-17H2,1-8H3. The van der Waals surface area contributed by atoms with Crippen LogP contribution >= 0.6 is 0 Å². The molecular formula is C36H46O12. The Kier molecular flexibility index (Phi) is 9.07. The van der Waals surface area contributed by atoms with E-state index in [2.05, 4.69) is 0 Å². The van der Waals surface area contributed by atoms with Crippen LogP contribution in [-0.2, 0) is 47.7 Å². The first kappa shape index (κ1) is 35.5. The van der Waals surface area contributed by atoms with Gasteiger partial charge in [0.05, 0.1) is 16.9 Å². The molecule has 0 saturated heterocycles. The Balaban J connectivity index is 1.89. The van der Waals surface area contributed by atoms with Crippen LogP contribution in [0.4, 0.5) is 0 Å². The predicted molar refractivity (Wildman–Crippen MR) is 167 cm³/mol. The molecule has 11 atom stereocenters. The fourth-order valence-corrected chi connectivity index (χ4v) is 9.66. The third-order valence-corrected chi connectivity index (χ3v) is 11.5. The highest BCUT2D eigenvalue weighted by Gasteiger charge is 2.84. The molecule has 12 nitrogen and oxygen atoms in total. The lowest BCUT2D eigenvalue weighted by Crippen LogP contribution is -2.66. The third-order valence-electron chi connectivity index (χ3n) is 11.5. The summed E-state index contributed by atoms with van der Waals surface area (Å²) in [6.45, 7) is 11.7. The molecule has 262 valence electrons. The lowest BCUT2D eigenvalue weighted by Gasteiger charge is -2.55. The SMILES string of the molecule is CCC(=O)OC1C(C)CC2(O)C(=O)C(C)(OC(C)=O)C3C4C(CC(OC(C)=O)C3(COC(C)=O)C(OC(=O)c3ccccc3)C12)C4(C)C. The van der Waals surface area contributed by atoms with Gasteiger partial charge < -0.3 is 28.8 Å². The molecule has 0 heterocycles. The number of esters is 5. The van der Waals surface area contributed by atoms with Crippen molar-refractivity contribution in [3.8, 4) is 0 Å². The predicted octanol–water partition coefficient (Wildman–Crippen LogP) is 3.60. The highest BCUT2D eigenvalue weighted by atomic mass is 16.6. The summed E-state index contributed by atoms with van der Waals surface area (Å²) in [5.74, 6) is -8.20. The lowest BCUT2D eigenvalue weighted by atomic mass is 9.55. The van der Waals surface area contributed by atoms with Gasteiger partial charge in [0.15, 0.2) is 5.60 Å². The van der Waals surface area contributed by atoms with Crippen LogP contribution in [0.15, 0.2) is 30.3 Å². The maximum atomic E-state index is 15.2. The quantitative estimate of drug-likeness (QED) is 0.316. The van der Waals surface area contributed by atoms with E-state index in [4.69, 9.17) is 23.7 Å². The Hall–Kier alpha value is -3.80. The molecule has 12 heteroatoms. The van der Waals surface area contributed by atoms with Crippen LogP contribution in [0.1, 0.15) is 85.0 Å². The molecule has 0 aliphatic heterocycles. The second kappa shape index (κ2) is 12.3. The van der Waals surface area contributed by atoms with Crippen LogP contribution in [0.3, 0.4) is 0 Å². The second-order valence-corrected chi connectivity index (χ2v) is 14.8. The maximum Gasteiger partial charge on any atom is 0.338 e. The minimum absolute atomic E-state index is 0.0167. The Morgan fingerprint density at radius 2 is 1.54 bits per heavy atom. The van der Waals surface area contributed by atoms with Crippen molar-refractivity contribution < 1.29 is 57.6 Å². The molecule has 4 aliphatic rings. The average Bonchev–Trinajstić information content (AvgIpc) is 3.45. The number of ether oxygens (including phenoxy) is 5. The number of aliphatic hydroxyl groups is 1. The molecule has 4 aliphatic carbocycles. The number of ketones is 1. The Morgan fingerprint density at radius 3 is 2.10 bits per heavy atom. The third kappa shape index (κ3) is 5.49. The Bertz CT molecular complexity index is 1500. The number of carbonyl (C=O) groups is 6. The molecule has 0 radical (unpaired) electrons. The van der Waals surface area contributed by atoms with E-state index in [0.717, 1.165) is 6.92 Å². The fourth-order valence-electron chi connectivity index (χ4n) is 9.66. The van der Waals surface area contributed by atoms with Gasteiger partial charge in [-0.25, -0.2) is 4.79 Å². The molecule has 11 unspecified atom stereocenters. The van der Waals surface area contributed by atoms with Crippen molar-refractivity contribution in [3.05, 3.63) is 35.9 Å². The fraction of sp³-hybridized carbons (Fsp3) is 0.667. The van der Waals surface area contributed by atoms with E-state index >= 15 is 4.79 Å². The van der Waals surface area contributed by atoms with Crippen molar-refractivity contribution in [1.82, 2.24) is 0 Å². The number of hydrogen-bond acceptors (Lipinski definition) is 12. The van der Waals surface area contributed by atoms with E-state index in [1.807, 2.05) is 13.8 Å². The molecule has 0 aromatic heterocycles. The summed E-state index contributed by atoms with van der Waals surface area (Å²) < 4.78 is 30.3. The summed E-state index contributed by atoms with van der Waals surface area (Å²) in [6.07, 6.45) is -3.88.